The average Bonchev–Trinajstić information content (AvgIpc) is 2.16. The number of likely N-dealkylation sites (N-methyl/N-ethyl adjacent to an activating group) is 1. The Morgan fingerprint density at radius 3 is 2.62 bits per heavy atom. The van der Waals surface area contributed by atoms with Crippen molar-refractivity contribution in [1.82, 2.24) is 9.62 Å². The fraction of sp³-hybridized carbons (Fsp3) is 0.400. The second kappa shape index (κ2) is 5.29. The Morgan fingerprint density at radius 1 is 1.38 bits per heavy atom. The number of benzene rings is 1. The molecule has 1 rings (SSSR count). The van der Waals surface area contributed by atoms with Crippen molar-refractivity contribution in [3.05, 3.63) is 24.3 Å². The Kier molecular flexibility index (Phi) is 4.28. The first kappa shape index (κ1) is 13.0. The number of sulfonamides is 1. The number of nitrogens with one attached hydrogen (secondary N) is 1. The van der Waals surface area contributed by atoms with E-state index in [0.29, 0.717) is 18.8 Å². The van der Waals surface area contributed by atoms with E-state index in [1.54, 1.807) is 12.1 Å². The van der Waals surface area contributed by atoms with Crippen LogP contribution in [0.3, 0.4) is 0 Å². The molecule has 0 aromatic heterocycles. The zero-order chi connectivity index (χ0) is 12.2. The summed E-state index contributed by atoms with van der Waals surface area (Å²) in [5.41, 5.74) is 5.97. The molecular formula is C10H17N3O2S. The lowest BCUT2D eigenvalue weighted by Gasteiger charge is -2.11. The van der Waals surface area contributed by atoms with Crippen LogP contribution in [0.5, 0.6) is 0 Å². The highest BCUT2D eigenvalue weighted by Gasteiger charge is 2.12. The van der Waals surface area contributed by atoms with E-state index in [1.165, 1.54) is 12.1 Å². The molecule has 0 fully saturated rings. The Labute approximate surface area is 96.3 Å². The summed E-state index contributed by atoms with van der Waals surface area (Å²) in [5.74, 6) is 0. The van der Waals surface area contributed by atoms with E-state index in [1.807, 2.05) is 19.0 Å². The van der Waals surface area contributed by atoms with Gasteiger partial charge in [0.1, 0.15) is 0 Å². The number of nitrogens with two attached hydrogens (primary N) is 1. The van der Waals surface area contributed by atoms with E-state index >= 15 is 0 Å². The molecule has 0 atom stereocenters. The number of nitrogen functional groups attached to an aromatic ring is 1. The molecule has 0 bridgehead atoms. The number of hydrogen-bond donors (Lipinski definition) is 2. The summed E-state index contributed by atoms with van der Waals surface area (Å²) in [6, 6.07) is 6.24. The summed E-state index contributed by atoms with van der Waals surface area (Å²) in [6.07, 6.45) is 0. The van der Waals surface area contributed by atoms with Crippen LogP contribution in [0.15, 0.2) is 29.2 Å². The molecule has 6 heteroatoms. The van der Waals surface area contributed by atoms with Crippen molar-refractivity contribution in [2.45, 2.75) is 4.90 Å². The van der Waals surface area contributed by atoms with E-state index in [-0.39, 0.29) is 4.90 Å². The molecule has 16 heavy (non-hydrogen) atoms. The van der Waals surface area contributed by atoms with Crippen LogP contribution < -0.4 is 10.5 Å². The molecule has 90 valence electrons. The van der Waals surface area contributed by atoms with Crippen LogP contribution in [-0.2, 0) is 10.0 Å². The summed E-state index contributed by atoms with van der Waals surface area (Å²) < 4.78 is 26.1. The van der Waals surface area contributed by atoms with E-state index in [9.17, 15) is 8.42 Å². The predicted molar refractivity (Wildman–Crippen MR) is 64.6 cm³/mol. The molecule has 0 aliphatic heterocycles. The average molecular weight is 243 g/mol. The molecule has 0 saturated carbocycles. The molecule has 0 spiro atoms. The molecule has 1 aromatic rings. The van der Waals surface area contributed by atoms with Gasteiger partial charge < -0.3 is 10.6 Å². The first-order valence-corrected chi connectivity index (χ1v) is 6.40. The van der Waals surface area contributed by atoms with E-state index in [4.69, 9.17) is 5.73 Å². The Bertz CT molecular complexity index is 443. The van der Waals surface area contributed by atoms with Crippen molar-refractivity contribution in [2.24, 2.45) is 0 Å². The third-order valence-electron chi connectivity index (χ3n) is 2.02. The van der Waals surface area contributed by atoms with Crippen LogP contribution >= 0.6 is 0 Å². The molecule has 0 saturated heterocycles. The van der Waals surface area contributed by atoms with Crippen LogP contribution in [0.25, 0.3) is 0 Å². The number of hydrogen-bond acceptors (Lipinski definition) is 4. The van der Waals surface area contributed by atoms with Gasteiger partial charge in [-0.25, -0.2) is 13.1 Å². The zero-order valence-electron chi connectivity index (χ0n) is 9.47. The zero-order valence-corrected chi connectivity index (χ0v) is 10.3. The fourth-order valence-corrected chi connectivity index (χ4v) is 2.24. The predicted octanol–water partition coefficient (Wildman–Crippen LogP) is 0.109. The van der Waals surface area contributed by atoms with Gasteiger partial charge in [0.15, 0.2) is 0 Å². The fourth-order valence-electron chi connectivity index (χ4n) is 1.17. The molecular weight excluding hydrogens is 226 g/mol. The van der Waals surface area contributed by atoms with Gasteiger partial charge in [-0.2, -0.15) is 0 Å². The van der Waals surface area contributed by atoms with Crippen molar-refractivity contribution < 1.29 is 8.42 Å². The monoisotopic (exact) mass is 243 g/mol. The van der Waals surface area contributed by atoms with Crippen molar-refractivity contribution in [2.75, 3.05) is 32.9 Å². The van der Waals surface area contributed by atoms with E-state index in [0.717, 1.165) is 0 Å². The summed E-state index contributed by atoms with van der Waals surface area (Å²) in [4.78, 5) is 2.10. The van der Waals surface area contributed by atoms with Gasteiger partial charge in [-0.15, -0.1) is 0 Å². The lowest BCUT2D eigenvalue weighted by molar-refractivity contribution is 0.412. The van der Waals surface area contributed by atoms with Crippen molar-refractivity contribution >= 4 is 15.7 Å². The smallest absolute Gasteiger partial charge is 0.240 e. The minimum atomic E-state index is -3.44. The molecule has 0 unspecified atom stereocenters. The van der Waals surface area contributed by atoms with Crippen LogP contribution in [0, 0.1) is 0 Å². The summed E-state index contributed by atoms with van der Waals surface area (Å²) in [5, 5.41) is 0. The Balaban J connectivity index is 2.71. The largest absolute Gasteiger partial charge is 0.399 e. The van der Waals surface area contributed by atoms with Crippen LogP contribution in [0.4, 0.5) is 5.69 Å². The lowest BCUT2D eigenvalue weighted by atomic mass is 10.3. The number of anilines is 1. The highest BCUT2D eigenvalue weighted by molar-refractivity contribution is 7.89. The summed E-state index contributed by atoms with van der Waals surface area (Å²) in [7, 11) is 0.332. The SMILES string of the molecule is CN(C)CCNS(=O)(=O)c1cccc(N)c1. The van der Waals surface area contributed by atoms with E-state index < -0.39 is 10.0 Å². The summed E-state index contributed by atoms with van der Waals surface area (Å²) >= 11 is 0. The second-order valence-corrected chi connectivity index (χ2v) is 5.54. The van der Waals surface area contributed by atoms with Gasteiger partial charge in [0, 0.05) is 18.8 Å². The van der Waals surface area contributed by atoms with Crippen LogP contribution in [-0.4, -0.2) is 40.5 Å². The second-order valence-electron chi connectivity index (χ2n) is 3.77. The van der Waals surface area contributed by atoms with E-state index in [2.05, 4.69) is 4.72 Å². The molecule has 0 amide bonds. The van der Waals surface area contributed by atoms with Gasteiger partial charge in [0.25, 0.3) is 0 Å². The van der Waals surface area contributed by atoms with Crippen LogP contribution in [0.1, 0.15) is 0 Å². The van der Waals surface area contributed by atoms with Gasteiger partial charge in [-0.05, 0) is 32.3 Å². The molecule has 0 heterocycles. The minimum Gasteiger partial charge on any atom is -0.399 e. The van der Waals surface area contributed by atoms with Gasteiger partial charge >= 0.3 is 0 Å². The third-order valence-corrected chi connectivity index (χ3v) is 3.48. The number of rotatable bonds is 5. The van der Waals surface area contributed by atoms with Gasteiger partial charge in [-0.3, -0.25) is 0 Å². The molecule has 0 aliphatic carbocycles. The van der Waals surface area contributed by atoms with Gasteiger partial charge in [-0.1, -0.05) is 6.07 Å². The highest BCUT2D eigenvalue weighted by atomic mass is 32.2. The van der Waals surface area contributed by atoms with Gasteiger partial charge in [0.05, 0.1) is 4.90 Å². The standard InChI is InChI=1S/C10H17N3O2S/c1-13(2)7-6-12-16(14,15)10-5-3-4-9(11)8-10/h3-5,8,12H,6-7,11H2,1-2H3. The maximum Gasteiger partial charge on any atom is 0.240 e. The minimum absolute atomic E-state index is 0.200. The maximum atomic E-state index is 11.8. The third kappa shape index (κ3) is 3.80. The Morgan fingerprint density at radius 2 is 2.06 bits per heavy atom. The normalized spacial score (nSPS) is 11.9. The number of nitrogens with zero attached hydrogens (tertiary/aromatic N) is 1. The molecule has 0 aliphatic rings. The molecule has 3 N–H and O–H groups in total. The quantitative estimate of drug-likeness (QED) is 0.720. The summed E-state index contributed by atoms with van der Waals surface area (Å²) in [6.45, 7) is 1.03. The molecule has 5 nitrogen and oxygen atoms in total. The highest BCUT2D eigenvalue weighted by Crippen LogP contribution is 2.11. The van der Waals surface area contributed by atoms with Crippen molar-refractivity contribution in [1.29, 1.82) is 0 Å². The first-order valence-electron chi connectivity index (χ1n) is 4.92. The van der Waals surface area contributed by atoms with Crippen molar-refractivity contribution in [3.63, 3.8) is 0 Å². The van der Waals surface area contributed by atoms with Crippen LogP contribution in [0.2, 0.25) is 0 Å². The lowest BCUT2D eigenvalue weighted by Crippen LogP contribution is -2.31. The topological polar surface area (TPSA) is 75.4 Å². The molecule has 0 radical (unpaired) electrons. The molecule has 1 aromatic carbocycles. The maximum absolute atomic E-state index is 11.8. The van der Waals surface area contributed by atoms with Crippen molar-refractivity contribution in [3.8, 4) is 0 Å². The van der Waals surface area contributed by atoms with Gasteiger partial charge in [0.2, 0.25) is 10.0 Å². The Hall–Kier alpha value is -1.11. The first-order chi connectivity index (χ1) is 7.42.